The quantitative estimate of drug-likeness (QED) is 0.923. The SMILES string of the molecule is CCN(C(=O)C1OCCc2ccccc21)C1CCNCC1. The average Bonchev–Trinajstić information content (AvgIpc) is 2.56. The predicted octanol–water partition coefficient (Wildman–Crippen LogP) is 1.90. The topological polar surface area (TPSA) is 41.6 Å². The van der Waals surface area contributed by atoms with E-state index in [9.17, 15) is 4.79 Å². The number of fused-ring (bicyclic) bond motifs is 1. The fraction of sp³-hybridized carbons (Fsp3) is 0.588. The third kappa shape index (κ3) is 2.97. The molecule has 2 heterocycles. The standard InChI is InChI=1S/C17H24N2O2/c1-2-19(14-7-10-18-11-8-14)17(20)16-15-6-4-3-5-13(15)9-12-21-16/h3-6,14,16,18H,2,7-12H2,1H3. The van der Waals surface area contributed by atoms with Gasteiger partial charge in [-0.1, -0.05) is 24.3 Å². The summed E-state index contributed by atoms with van der Waals surface area (Å²) in [6.45, 7) is 5.45. The van der Waals surface area contributed by atoms with Crippen LogP contribution in [0.4, 0.5) is 0 Å². The molecule has 1 amide bonds. The first-order valence-electron chi connectivity index (χ1n) is 8.02. The number of benzene rings is 1. The van der Waals surface area contributed by atoms with Crippen LogP contribution in [0.3, 0.4) is 0 Å². The zero-order chi connectivity index (χ0) is 14.7. The lowest BCUT2D eigenvalue weighted by molar-refractivity contribution is -0.148. The van der Waals surface area contributed by atoms with Crippen LogP contribution in [-0.4, -0.2) is 43.1 Å². The number of carbonyl (C=O) groups is 1. The number of amides is 1. The van der Waals surface area contributed by atoms with Crippen LogP contribution in [0.2, 0.25) is 0 Å². The van der Waals surface area contributed by atoms with E-state index in [2.05, 4.69) is 18.3 Å². The Bertz CT molecular complexity index is 497. The van der Waals surface area contributed by atoms with Crippen molar-refractivity contribution in [2.75, 3.05) is 26.2 Å². The molecule has 0 radical (unpaired) electrons. The van der Waals surface area contributed by atoms with Crippen LogP contribution < -0.4 is 5.32 Å². The number of piperidine rings is 1. The first kappa shape index (κ1) is 14.5. The number of nitrogens with one attached hydrogen (secondary N) is 1. The highest BCUT2D eigenvalue weighted by atomic mass is 16.5. The van der Waals surface area contributed by atoms with Gasteiger partial charge in [-0.2, -0.15) is 0 Å². The minimum Gasteiger partial charge on any atom is -0.363 e. The van der Waals surface area contributed by atoms with Gasteiger partial charge in [0.05, 0.1) is 6.61 Å². The molecule has 2 aliphatic rings. The lowest BCUT2D eigenvalue weighted by atomic mass is 9.95. The Morgan fingerprint density at radius 1 is 1.33 bits per heavy atom. The molecule has 1 unspecified atom stereocenters. The second-order valence-electron chi connectivity index (χ2n) is 5.81. The molecule has 0 spiro atoms. The summed E-state index contributed by atoms with van der Waals surface area (Å²) in [6.07, 6.45) is 2.56. The van der Waals surface area contributed by atoms with Crippen LogP contribution in [0.25, 0.3) is 0 Å². The van der Waals surface area contributed by atoms with Crippen molar-refractivity contribution in [3.63, 3.8) is 0 Å². The molecule has 21 heavy (non-hydrogen) atoms. The number of ether oxygens (including phenoxy) is 1. The maximum Gasteiger partial charge on any atom is 0.256 e. The number of carbonyl (C=O) groups excluding carboxylic acids is 1. The van der Waals surface area contributed by atoms with Crippen molar-refractivity contribution in [3.05, 3.63) is 35.4 Å². The van der Waals surface area contributed by atoms with Crippen LogP contribution in [0, 0.1) is 0 Å². The molecule has 4 heteroatoms. The Balaban J connectivity index is 1.80. The van der Waals surface area contributed by atoms with Gasteiger partial charge >= 0.3 is 0 Å². The summed E-state index contributed by atoms with van der Waals surface area (Å²) in [7, 11) is 0. The van der Waals surface area contributed by atoms with Gasteiger partial charge in [-0.25, -0.2) is 0 Å². The van der Waals surface area contributed by atoms with E-state index >= 15 is 0 Å². The van der Waals surface area contributed by atoms with Gasteiger partial charge in [0.2, 0.25) is 0 Å². The highest BCUT2D eigenvalue weighted by Gasteiger charge is 2.33. The van der Waals surface area contributed by atoms with Gasteiger partial charge in [0, 0.05) is 12.6 Å². The number of hydrogen-bond acceptors (Lipinski definition) is 3. The molecule has 1 fully saturated rings. The third-order valence-corrected chi connectivity index (χ3v) is 4.59. The van der Waals surface area contributed by atoms with Crippen molar-refractivity contribution in [2.24, 2.45) is 0 Å². The van der Waals surface area contributed by atoms with E-state index < -0.39 is 6.10 Å². The van der Waals surface area contributed by atoms with Crippen molar-refractivity contribution >= 4 is 5.91 Å². The van der Waals surface area contributed by atoms with Crippen LogP contribution in [0.5, 0.6) is 0 Å². The third-order valence-electron chi connectivity index (χ3n) is 4.59. The van der Waals surface area contributed by atoms with E-state index in [1.54, 1.807) is 0 Å². The maximum atomic E-state index is 13.0. The van der Waals surface area contributed by atoms with Crippen LogP contribution in [-0.2, 0) is 16.0 Å². The van der Waals surface area contributed by atoms with Gasteiger partial charge < -0.3 is 15.0 Å². The summed E-state index contributed by atoms with van der Waals surface area (Å²) in [5.74, 6) is 0.136. The summed E-state index contributed by atoms with van der Waals surface area (Å²) in [5.41, 5.74) is 2.31. The number of likely N-dealkylation sites (N-methyl/N-ethyl adjacent to an activating group) is 1. The average molecular weight is 288 g/mol. The summed E-state index contributed by atoms with van der Waals surface area (Å²) < 4.78 is 5.83. The zero-order valence-electron chi connectivity index (χ0n) is 12.7. The maximum absolute atomic E-state index is 13.0. The Kier molecular flexibility index (Phi) is 4.56. The number of hydrogen-bond donors (Lipinski definition) is 1. The van der Waals surface area contributed by atoms with E-state index in [0.717, 1.165) is 44.5 Å². The molecule has 0 bridgehead atoms. The van der Waals surface area contributed by atoms with E-state index in [0.29, 0.717) is 12.6 Å². The summed E-state index contributed by atoms with van der Waals surface area (Å²) in [5, 5.41) is 3.36. The Labute approximate surface area is 126 Å². The van der Waals surface area contributed by atoms with Crippen molar-refractivity contribution in [1.82, 2.24) is 10.2 Å². The smallest absolute Gasteiger partial charge is 0.256 e. The molecule has 114 valence electrons. The Morgan fingerprint density at radius 2 is 2.10 bits per heavy atom. The predicted molar refractivity (Wildman–Crippen MR) is 82.1 cm³/mol. The molecule has 0 aliphatic carbocycles. The minimum absolute atomic E-state index is 0.136. The van der Waals surface area contributed by atoms with Crippen LogP contribution in [0.15, 0.2) is 24.3 Å². The second kappa shape index (κ2) is 6.58. The van der Waals surface area contributed by atoms with Crippen molar-refractivity contribution < 1.29 is 9.53 Å². The van der Waals surface area contributed by atoms with E-state index in [4.69, 9.17) is 4.74 Å². The molecule has 4 nitrogen and oxygen atoms in total. The largest absolute Gasteiger partial charge is 0.363 e. The van der Waals surface area contributed by atoms with E-state index in [1.165, 1.54) is 5.56 Å². The molecule has 1 atom stereocenters. The monoisotopic (exact) mass is 288 g/mol. The highest BCUT2D eigenvalue weighted by molar-refractivity contribution is 5.83. The lowest BCUT2D eigenvalue weighted by Crippen LogP contribution is -2.48. The number of rotatable bonds is 3. The number of nitrogens with zero attached hydrogens (tertiary/aromatic N) is 1. The summed E-state index contributed by atoms with van der Waals surface area (Å²) >= 11 is 0. The van der Waals surface area contributed by atoms with Crippen molar-refractivity contribution in [3.8, 4) is 0 Å². The molecular formula is C17H24N2O2. The lowest BCUT2D eigenvalue weighted by Gasteiger charge is -2.37. The Morgan fingerprint density at radius 3 is 2.86 bits per heavy atom. The first-order valence-corrected chi connectivity index (χ1v) is 8.02. The fourth-order valence-corrected chi connectivity index (χ4v) is 3.46. The van der Waals surface area contributed by atoms with Crippen LogP contribution >= 0.6 is 0 Å². The molecular weight excluding hydrogens is 264 g/mol. The van der Waals surface area contributed by atoms with Gasteiger partial charge in [-0.05, 0) is 50.4 Å². The van der Waals surface area contributed by atoms with Gasteiger partial charge in [-0.3, -0.25) is 4.79 Å². The van der Waals surface area contributed by atoms with Gasteiger partial charge in [0.15, 0.2) is 6.10 Å². The molecule has 1 N–H and O–H groups in total. The summed E-state index contributed by atoms with van der Waals surface area (Å²) in [4.78, 5) is 15.0. The normalized spacial score (nSPS) is 22.6. The Hall–Kier alpha value is -1.39. The molecule has 3 rings (SSSR count). The van der Waals surface area contributed by atoms with E-state index in [1.807, 2.05) is 23.1 Å². The van der Waals surface area contributed by atoms with Gasteiger partial charge in [-0.15, -0.1) is 0 Å². The molecule has 2 aliphatic heterocycles. The zero-order valence-corrected chi connectivity index (χ0v) is 12.7. The molecule has 0 aromatic heterocycles. The highest BCUT2D eigenvalue weighted by Crippen LogP contribution is 2.29. The molecule has 1 aromatic rings. The van der Waals surface area contributed by atoms with Gasteiger partial charge in [0.25, 0.3) is 5.91 Å². The van der Waals surface area contributed by atoms with E-state index in [-0.39, 0.29) is 5.91 Å². The fourth-order valence-electron chi connectivity index (χ4n) is 3.46. The van der Waals surface area contributed by atoms with Crippen molar-refractivity contribution in [2.45, 2.75) is 38.3 Å². The molecule has 1 aromatic carbocycles. The molecule has 1 saturated heterocycles. The first-order chi connectivity index (χ1) is 10.3. The summed E-state index contributed by atoms with van der Waals surface area (Å²) in [6, 6.07) is 8.53. The second-order valence-corrected chi connectivity index (χ2v) is 5.81. The van der Waals surface area contributed by atoms with Gasteiger partial charge in [0.1, 0.15) is 0 Å². The molecule has 0 saturated carbocycles. The van der Waals surface area contributed by atoms with Crippen LogP contribution in [0.1, 0.15) is 37.0 Å². The van der Waals surface area contributed by atoms with Crippen molar-refractivity contribution in [1.29, 1.82) is 0 Å². The minimum atomic E-state index is -0.412.